The smallest absolute Gasteiger partial charge is 0.266 e. The minimum atomic E-state index is -0.514. The maximum absolute atomic E-state index is 12.3. The number of H-pyrrole nitrogens is 1. The second-order valence-electron chi connectivity index (χ2n) is 6.55. The third-order valence-electron chi connectivity index (χ3n) is 4.31. The third kappa shape index (κ3) is 5.04. The van der Waals surface area contributed by atoms with Crippen molar-refractivity contribution in [2.75, 3.05) is 5.32 Å². The van der Waals surface area contributed by atoms with E-state index in [0.29, 0.717) is 25.0 Å². The molecular weight excluding hydrogens is 340 g/mol. The van der Waals surface area contributed by atoms with Gasteiger partial charge in [0.1, 0.15) is 5.69 Å². The normalized spacial score (nSPS) is 10.6. The Hall–Kier alpha value is -3.41. The molecule has 3 aromatic rings. The van der Waals surface area contributed by atoms with Gasteiger partial charge in [0.2, 0.25) is 5.91 Å². The first-order chi connectivity index (χ1) is 13.0. The lowest BCUT2D eigenvalue weighted by Crippen LogP contribution is -2.15. The lowest BCUT2D eigenvalue weighted by Gasteiger charge is -2.08. The van der Waals surface area contributed by atoms with Gasteiger partial charge in [-0.05, 0) is 43.0 Å². The van der Waals surface area contributed by atoms with Crippen molar-refractivity contribution in [3.05, 3.63) is 82.7 Å². The lowest BCUT2D eigenvalue weighted by molar-refractivity contribution is -0.115. The zero-order valence-corrected chi connectivity index (χ0v) is 15.2. The minimum absolute atomic E-state index is 0.0522. The van der Waals surface area contributed by atoms with Gasteiger partial charge >= 0.3 is 0 Å². The molecule has 4 N–H and O–H groups in total. The fraction of sp³-hybridized carbons (Fsp3) is 0.190. The van der Waals surface area contributed by atoms with Crippen LogP contribution in [0.2, 0.25) is 0 Å². The quantitative estimate of drug-likeness (QED) is 0.602. The number of carbonyl (C=O) groups is 2. The van der Waals surface area contributed by atoms with Gasteiger partial charge in [0.25, 0.3) is 5.91 Å². The molecule has 0 saturated carbocycles. The van der Waals surface area contributed by atoms with Crippen LogP contribution in [0.4, 0.5) is 5.69 Å². The molecule has 0 bridgehead atoms. The Kier molecular flexibility index (Phi) is 5.66. The predicted octanol–water partition coefficient (Wildman–Crippen LogP) is 2.78. The van der Waals surface area contributed by atoms with Crippen LogP contribution in [0.5, 0.6) is 0 Å². The van der Waals surface area contributed by atoms with Crippen LogP contribution < -0.4 is 11.1 Å². The molecule has 0 fully saturated rings. The van der Waals surface area contributed by atoms with Crippen molar-refractivity contribution in [3.8, 4) is 0 Å². The highest BCUT2D eigenvalue weighted by Gasteiger charge is 2.10. The number of hydrogen-bond donors (Lipinski definition) is 3. The molecule has 6 heteroatoms. The van der Waals surface area contributed by atoms with Crippen molar-refractivity contribution in [1.82, 2.24) is 10.2 Å². The second-order valence-corrected chi connectivity index (χ2v) is 6.55. The maximum atomic E-state index is 12.3. The number of aryl methyl sites for hydroxylation is 3. The number of aromatic amines is 1. The van der Waals surface area contributed by atoms with Crippen LogP contribution >= 0.6 is 0 Å². The molecule has 1 heterocycles. The fourth-order valence-corrected chi connectivity index (χ4v) is 3.01. The van der Waals surface area contributed by atoms with Crippen LogP contribution in [0.1, 0.15) is 32.7 Å². The Bertz CT molecular complexity index is 962. The number of benzene rings is 2. The van der Waals surface area contributed by atoms with Crippen molar-refractivity contribution in [3.63, 3.8) is 0 Å². The van der Waals surface area contributed by atoms with Gasteiger partial charge in [-0.2, -0.15) is 5.10 Å². The van der Waals surface area contributed by atoms with Gasteiger partial charge in [0.15, 0.2) is 0 Å². The Morgan fingerprint density at radius 1 is 1.07 bits per heavy atom. The minimum Gasteiger partial charge on any atom is -0.364 e. The van der Waals surface area contributed by atoms with E-state index in [4.69, 9.17) is 5.73 Å². The van der Waals surface area contributed by atoms with E-state index in [0.717, 1.165) is 27.9 Å². The molecule has 0 aliphatic carbocycles. The highest BCUT2D eigenvalue weighted by atomic mass is 16.2. The van der Waals surface area contributed by atoms with E-state index < -0.39 is 5.91 Å². The molecule has 27 heavy (non-hydrogen) atoms. The highest BCUT2D eigenvalue weighted by Crippen LogP contribution is 2.15. The number of nitrogens with zero attached hydrogens (tertiary/aromatic N) is 1. The van der Waals surface area contributed by atoms with Crippen molar-refractivity contribution in [1.29, 1.82) is 0 Å². The molecule has 0 aliphatic rings. The first-order valence-corrected chi connectivity index (χ1v) is 8.77. The van der Waals surface area contributed by atoms with Crippen LogP contribution in [0.25, 0.3) is 0 Å². The van der Waals surface area contributed by atoms with E-state index in [2.05, 4.69) is 15.5 Å². The molecule has 0 unspecified atom stereocenters. The van der Waals surface area contributed by atoms with Gasteiger partial charge in [-0.25, -0.2) is 0 Å². The summed E-state index contributed by atoms with van der Waals surface area (Å²) in [4.78, 5) is 23.6. The zero-order chi connectivity index (χ0) is 19.2. The average Bonchev–Trinajstić information content (AvgIpc) is 3.09. The molecule has 6 nitrogen and oxygen atoms in total. The van der Waals surface area contributed by atoms with Gasteiger partial charge in [-0.3, -0.25) is 14.7 Å². The van der Waals surface area contributed by atoms with Crippen LogP contribution in [-0.4, -0.2) is 22.0 Å². The molecule has 0 spiro atoms. The fourth-order valence-electron chi connectivity index (χ4n) is 3.01. The number of carbonyl (C=O) groups excluding carboxylic acids is 2. The predicted molar refractivity (Wildman–Crippen MR) is 104 cm³/mol. The summed E-state index contributed by atoms with van der Waals surface area (Å²) in [6.07, 6.45) is 3.30. The van der Waals surface area contributed by atoms with E-state index in [9.17, 15) is 9.59 Å². The number of hydrogen-bond acceptors (Lipinski definition) is 3. The molecule has 2 amide bonds. The topological polar surface area (TPSA) is 101 Å². The summed E-state index contributed by atoms with van der Waals surface area (Å²) in [5.74, 6) is -0.566. The van der Waals surface area contributed by atoms with Crippen molar-refractivity contribution >= 4 is 17.5 Å². The van der Waals surface area contributed by atoms with Crippen molar-refractivity contribution in [2.24, 2.45) is 5.73 Å². The van der Waals surface area contributed by atoms with Gasteiger partial charge in [-0.1, -0.05) is 42.0 Å². The number of amides is 2. The van der Waals surface area contributed by atoms with Crippen LogP contribution in [-0.2, 0) is 24.1 Å². The number of nitrogens with two attached hydrogens (primary N) is 1. The maximum Gasteiger partial charge on any atom is 0.266 e. The zero-order valence-electron chi connectivity index (χ0n) is 15.2. The molecule has 138 valence electrons. The SMILES string of the molecule is Cc1cccc(CC(=O)Nc2cccc(CCc3cn[nH]c3C(N)=O)c2)c1. The average molecular weight is 362 g/mol. The highest BCUT2D eigenvalue weighted by molar-refractivity contribution is 5.92. The van der Waals surface area contributed by atoms with Gasteiger partial charge in [0.05, 0.1) is 12.6 Å². The summed E-state index contributed by atoms with van der Waals surface area (Å²) in [6, 6.07) is 15.6. The van der Waals surface area contributed by atoms with Crippen molar-refractivity contribution < 1.29 is 9.59 Å². The molecular formula is C21H22N4O2. The summed E-state index contributed by atoms with van der Waals surface area (Å²) < 4.78 is 0. The van der Waals surface area contributed by atoms with Gasteiger partial charge in [0, 0.05) is 11.3 Å². The summed E-state index contributed by atoms with van der Waals surface area (Å²) >= 11 is 0. The molecule has 0 radical (unpaired) electrons. The van der Waals surface area contributed by atoms with E-state index in [1.165, 1.54) is 0 Å². The summed E-state index contributed by atoms with van der Waals surface area (Å²) in [5.41, 5.74) is 10.4. The van der Waals surface area contributed by atoms with Crippen LogP contribution in [0, 0.1) is 6.92 Å². The van der Waals surface area contributed by atoms with E-state index >= 15 is 0 Å². The molecule has 0 saturated heterocycles. The lowest BCUT2D eigenvalue weighted by atomic mass is 10.0. The first-order valence-electron chi connectivity index (χ1n) is 8.77. The Labute approximate surface area is 157 Å². The Morgan fingerprint density at radius 2 is 1.85 bits per heavy atom. The monoisotopic (exact) mass is 362 g/mol. The Balaban J connectivity index is 1.60. The Morgan fingerprint density at radius 3 is 2.63 bits per heavy atom. The van der Waals surface area contributed by atoms with E-state index in [1.807, 2.05) is 55.5 Å². The molecule has 1 aromatic heterocycles. The molecule has 3 rings (SSSR count). The number of aromatic nitrogens is 2. The third-order valence-corrected chi connectivity index (χ3v) is 4.31. The van der Waals surface area contributed by atoms with E-state index in [1.54, 1.807) is 6.20 Å². The molecule has 2 aromatic carbocycles. The summed E-state index contributed by atoms with van der Waals surface area (Å²) in [7, 11) is 0. The summed E-state index contributed by atoms with van der Waals surface area (Å²) in [5, 5.41) is 9.44. The number of anilines is 1. The molecule has 0 atom stereocenters. The number of primary amides is 1. The van der Waals surface area contributed by atoms with Gasteiger partial charge in [-0.15, -0.1) is 0 Å². The standard InChI is InChI=1S/C21H22N4O2/c1-14-4-2-6-16(10-14)12-19(26)24-18-7-3-5-15(11-18)8-9-17-13-23-25-20(17)21(22)27/h2-7,10-11,13H,8-9,12H2,1H3,(H2,22,27)(H,23,25)(H,24,26). The number of rotatable bonds is 7. The van der Waals surface area contributed by atoms with Crippen molar-refractivity contribution in [2.45, 2.75) is 26.2 Å². The van der Waals surface area contributed by atoms with E-state index in [-0.39, 0.29) is 5.91 Å². The van der Waals surface area contributed by atoms with Crippen LogP contribution in [0.15, 0.2) is 54.7 Å². The van der Waals surface area contributed by atoms with Crippen LogP contribution in [0.3, 0.4) is 0 Å². The molecule has 0 aliphatic heterocycles. The largest absolute Gasteiger partial charge is 0.364 e. The van der Waals surface area contributed by atoms with Gasteiger partial charge < -0.3 is 11.1 Å². The number of nitrogens with one attached hydrogen (secondary N) is 2. The first kappa shape index (κ1) is 18.4. The second kappa shape index (κ2) is 8.31. The summed E-state index contributed by atoms with van der Waals surface area (Å²) in [6.45, 7) is 2.01.